The lowest BCUT2D eigenvalue weighted by molar-refractivity contribution is -0.120. The predicted octanol–water partition coefficient (Wildman–Crippen LogP) is 4.98. The molecule has 2 atom stereocenters. The third-order valence-electron chi connectivity index (χ3n) is 3.51. The first kappa shape index (κ1) is 17.8. The molecule has 0 radical (unpaired) electrons. The van der Waals surface area contributed by atoms with Crippen LogP contribution in [0.2, 0.25) is 5.02 Å². The number of hydrogen-bond donors (Lipinski definition) is 1. The molecule has 0 saturated carbocycles. The molecule has 0 aromatic heterocycles. The molecular weight excluding hydrogens is 333 g/mol. The van der Waals surface area contributed by atoms with Crippen LogP contribution in [0.4, 0.5) is 4.39 Å². The van der Waals surface area contributed by atoms with E-state index >= 15 is 0 Å². The summed E-state index contributed by atoms with van der Waals surface area (Å²) in [6.07, 6.45) is 0. The summed E-state index contributed by atoms with van der Waals surface area (Å²) in [5.74, 6) is 0.441. The van der Waals surface area contributed by atoms with Gasteiger partial charge in [0, 0.05) is 10.8 Å². The Labute approximate surface area is 145 Å². The van der Waals surface area contributed by atoms with Crippen LogP contribution in [0.1, 0.15) is 31.0 Å². The summed E-state index contributed by atoms with van der Waals surface area (Å²) in [6.45, 7) is 3.77. The molecule has 122 valence electrons. The van der Waals surface area contributed by atoms with Gasteiger partial charge in [-0.2, -0.15) is 0 Å². The number of benzene rings is 2. The zero-order valence-corrected chi connectivity index (χ0v) is 14.6. The van der Waals surface area contributed by atoms with Crippen LogP contribution in [0.3, 0.4) is 0 Å². The van der Waals surface area contributed by atoms with Crippen molar-refractivity contribution in [2.24, 2.45) is 0 Å². The largest absolute Gasteiger partial charge is 0.349 e. The molecule has 2 nitrogen and oxygen atoms in total. The highest BCUT2D eigenvalue weighted by Crippen LogP contribution is 2.21. The SMILES string of the molecule is CC(SCc1ccc(Cl)cc1)C(=O)NC(C)c1ccc(F)cc1. The second kappa shape index (κ2) is 8.37. The molecule has 1 amide bonds. The minimum absolute atomic E-state index is 0.0270. The minimum Gasteiger partial charge on any atom is -0.349 e. The Morgan fingerprint density at radius 3 is 2.35 bits per heavy atom. The van der Waals surface area contributed by atoms with Gasteiger partial charge in [0.25, 0.3) is 0 Å². The number of carbonyl (C=O) groups excluding carboxylic acids is 1. The van der Waals surface area contributed by atoms with E-state index in [4.69, 9.17) is 11.6 Å². The monoisotopic (exact) mass is 351 g/mol. The number of carbonyl (C=O) groups is 1. The van der Waals surface area contributed by atoms with E-state index in [2.05, 4.69) is 5.32 Å². The topological polar surface area (TPSA) is 29.1 Å². The van der Waals surface area contributed by atoms with E-state index in [0.29, 0.717) is 5.02 Å². The second-order valence-corrected chi connectivity index (χ2v) is 7.13. The van der Waals surface area contributed by atoms with Crippen molar-refractivity contribution >= 4 is 29.3 Å². The molecule has 2 aromatic rings. The highest BCUT2D eigenvalue weighted by atomic mass is 35.5. The van der Waals surface area contributed by atoms with E-state index < -0.39 is 0 Å². The number of rotatable bonds is 6. The van der Waals surface area contributed by atoms with Gasteiger partial charge < -0.3 is 5.32 Å². The van der Waals surface area contributed by atoms with Crippen molar-refractivity contribution in [3.63, 3.8) is 0 Å². The fourth-order valence-electron chi connectivity index (χ4n) is 2.04. The van der Waals surface area contributed by atoms with E-state index in [-0.39, 0.29) is 23.0 Å². The first-order chi connectivity index (χ1) is 11.0. The average Bonchev–Trinajstić information content (AvgIpc) is 2.54. The van der Waals surface area contributed by atoms with E-state index in [1.54, 1.807) is 23.9 Å². The Bertz CT molecular complexity index is 645. The Morgan fingerprint density at radius 1 is 1.13 bits per heavy atom. The summed E-state index contributed by atoms with van der Waals surface area (Å²) in [5.41, 5.74) is 2.01. The van der Waals surface area contributed by atoms with Crippen LogP contribution in [0.5, 0.6) is 0 Å². The maximum Gasteiger partial charge on any atom is 0.233 e. The molecule has 0 fully saturated rings. The zero-order valence-electron chi connectivity index (χ0n) is 13.1. The van der Waals surface area contributed by atoms with Gasteiger partial charge in [-0.05, 0) is 49.2 Å². The molecule has 2 rings (SSSR count). The number of nitrogens with one attached hydrogen (secondary N) is 1. The molecule has 5 heteroatoms. The lowest BCUT2D eigenvalue weighted by atomic mass is 10.1. The third-order valence-corrected chi connectivity index (χ3v) is 4.98. The molecule has 0 aliphatic carbocycles. The summed E-state index contributed by atoms with van der Waals surface area (Å²) in [4.78, 5) is 12.2. The van der Waals surface area contributed by atoms with Gasteiger partial charge in [-0.1, -0.05) is 35.9 Å². The summed E-state index contributed by atoms with van der Waals surface area (Å²) in [5, 5.41) is 3.49. The standard InChI is InChI=1S/C18H19ClFNOS/c1-12(15-5-9-17(20)10-6-15)21-18(22)13(2)23-11-14-3-7-16(19)8-4-14/h3-10,12-13H,11H2,1-2H3,(H,21,22). The Balaban J connectivity index is 1.84. The zero-order chi connectivity index (χ0) is 16.8. The quantitative estimate of drug-likeness (QED) is 0.795. The summed E-state index contributed by atoms with van der Waals surface area (Å²) >= 11 is 7.42. The summed E-state index contributed by atoms with van der Waals surface area (Å²) < 4.78 is 12.9. The maximum atomic E-state index is 12.9. The fourth-order valence-corrected chi connectivity index (χ4v) is 3.02. The van der Waals surface area contributed by atoms with E-state index in [0.717, 1.165) is 16.9 Å². The average molecular weight is 352 g/mol. The van der Waals surface area contributed by atoms with Gasteiger partial charge in [-0.25, -0.2) is 4.39 Å². The lowest BCUT2D eigenvalue weighted by Gasteiger charge is -2.18. The summed E-state index contributed by atoms with van der Waals surface area (Å²) in [6, 6.07) is 13.6. The Kier molecular flexibility index (Phi) is 6.48. The van der Waals surface area contributed by atoms with Gasteiger partial charge in [0.1, 0.15) is 5.82 Å². The first-order valence-corrected chi connectivity index (χ1v) is 8.80. The van der Waals surface area contributed by atoms with Crippen molar-refractivity contribution in [2.45, 2.75) is 30.9 Å². The Hall–Kier alpha value is -1.52. The molecule has 0 bridgehead atoms. The van der Waals surface area contributed by atoms with Crippen LogP contribution in [0.25, 0.3) is 0 Å². The van der Waals surface area contributed by atoms with Gasteiger partial charge >= 0.3 is 0 Å². The van der Waals surface area contributed by atoms with Crippen LogP contribution in [0, 0.1) is 5.82 Å². The smallest absolute Gasteiger partial charge is 0.233 e. The van der Waals surface area contributed by atoms with Gasteiger partial charge in [-0.15, -0.1) is 11.8 Å². The van der Waals surface area contributed by atoms with Crippen LogP contribution < -0.4 is 5.32 Å². The van der Waals surface area contributed by atoms with Gasteiger partial charge in [0.15, 0.2) is 0 Å². The molecule has 0 aliphatic rings. The molecule has 0 heterocycles. The van der Waals surface area contributed by atoms with Gasteiger partial charge in [0.05, 0.1) is 11.3 Å². The molecule has 1 N–H and O–H groups in total. The number of amides is 1. The maximum absolute atomic E-state index is 12.9. The van der Waals surface area contributed by atoms with E-state index in [1.807, 2.05) is 38.1 Å². The molecule has 23 heavy (non-hydrogen) atoms. The number of halogens is 2. The van der Waals surface area contributed by atoms with Crippen LogP contribution in [-0.4, -0.2) is 11.2 Å². The predicted molar refractivity (Wildman–Crippen MR) is 95.2 cm³/mol. The molecule has 0 spiro atoms. The molecule has 0 aliphatic heterocycles. The molecule has 2 unspecified atom stereocenters. The van der Waals surface area contributed by atoms with Gasteiger partial charge in [0.2, 0.25) is 5.91 Å². The van der Waals surface area contributed by atoms with Crippen molar-refractivity contribution in [1.29, 1.82) is 0 Å². The highest BCUT2D eigenvalue weighted by Gasteiger charge is 2.16. The molecule has 0 saturated heterocycles. The van der Waals surface area contributed by atoms with Crippen molar-refractivity contribution in [1.82, 2.24) is 5.32 Å². The first-order valence-electron chi connectivity index (χ1n) is 7.37. The van der Waals surface area contributed by atoms with Crippen LogP contribution in [0.15, 0.2) is 48.5 Å². The van der Waals surface area contributed by atoms with Crippen LogP contribution >= 0.6 is 23.4 Å². The normalized spacial score (nSPS) is 13.4. The number of hydrogen-bond acceptors (Lipinski definition) is 2. The third kappa shape index (κ3) is 5.56. The molecule has 2 aromatic carbocycles. The fraction of sp³-hybridized carbons (Fsp3) is 0.278. The number of thioether (sulfide) groups is 1. The van der Waals surface area contributed by atoms with Crippen molar-refractivity contribution in [2.75, 3.05) is 0 Å². The van der Waals surface area contributed by atoms with E-state index in [1.165, 1.54) is 12.1 Å². The van der Waals surface area contributed by atoms with Crippen molar-refractivity contribution in [3.05, 3.63) is 70.5 Å². The Morgan fingerprint density at radius 2 is 1.74 bits per heavy atom. The van der Waals surface area contributed by atoms with E-state index in [9.17, 15) is 9.18 Å². The highest BCUT2D eigenvalue weighted by molar-refractivity contribution is 7.99. The van der Waals surface area contributed by atoms with Crippen LogP contribution in [-0.2, 0) is 10.5 Å². The van der Waals surface area contributed by atoms with Crippen molar-refractivity contribution in [3.8, 4) is 0 Å². The second-order valence-electron chi connectivity index (χ2n) is 5.36. The minimum atomic E-state index is -0.279. The summed E-state index contributed by atoms with van der Waals surface area (Å²) in [7, 11) is 0. The van der Waals surface area contributed by atoms with Crippen molar-refractivity contribution < 1.29 is 9.18 Å². The lowest BCUT2D eigenvalue weighted by Crippen LogP contribution is -2.33. The van der Waals surface area contributed by atoms with Gasteiger partial charge in [-0.3, -0.25) is 4.79 Å². The molecular formula is C18H19ClFNOS.